The van der Waals surface area contributed by atoms with E-state index in [-0.39, 0.29) is 16.3 Å². The van der Waals surface area contributed by atoms with Crippen molar-refractivity contribution in [1.29, 1.82) is 0 Å². The summed E-state index contributed by atoms with van der Waals surface area (Å²) in [5.74, 6) is -2.02. The molecule has 0 aliphatic rings. The van der Waals surface area contributed by atoms with E-state index in [0.29, 0.717) is 12.1 Å². The molecule has 1 aromatic heterocycles. The Morgan fingerprint density at radius 2 is 1.77 bits per heavy atom. The number of hydrogen-bond donors (Lipinski definition) is 1. The van der Waals surface area contributed by atoms with Gasteiger partial charge in [-0.2, -0.15) is 13.2 Å². The van der Waals surface area contributed by atoms with Crippen molar-refractivity contribution in [2.45, 2.75) is 43.7 Å². The highest BCUT2D eigenvalue weighted by molar-refractivity contribution is 7.84. The molecule has 0 fully saturated rings. The lowest BCUT2D eigenvalue weighted by atomic mass is 9.83. The summed E-state index contributed by atoms with van der Waals surface area (Å²) in [5.41, 5.74) is -3.46. The van der Waals surface area contributed by atoms with Crippen molar-refractivity contribution in [3.8, 4) is 0 Å². The van der Waals surface area contributed by atoms with Crippen LogP contribution in [0.4, 0.5) is 17.6 Å². The maximum Gasteiger partial charge on any atom is 0.416 e. The maximum atomic E-state index is 14.3. The van der Waals surface area contributed by atoms with E-state index >= 15 is 0 Å². The van der Waals surface area contributed by atoms with Crippen molar-refractivity contribution in [1.82, 2.24) is 9.71 Å². The van der Waals surface area contributed by atoms with E-state index in [1.807, 2.05) is 0 Å². The molecule has 5 nitrogen and oxygen atoms in total. The Hall–Kier alpha value is -2.04. The van der Waals surface area contributed by atoms with E-state index in [9.17, 15) is 26.6 Å². The van der Waals surface area contributed by atoms with Gasteiger partial charge < -0.3 is 4.74 Å². The third-order valence-electron chi connectivity index (χ3n) is 4.34. The van der Waals surface area contributed by atoms with Crippen molar-refractivity contribution < 1.29 is 31.3 Å². The Labute approximate surface area is 184 Å². The minimum absolute atomic E-state index is 0.0126. The highest BCUT2D eigenvalue weighted by Crippen LogP contribution is 2.38. The molecule has 0 amide bonds. The number of nitrogens with zero attached hydrogens (tertiary/aromatic N) is 1. The number of alkyl halides is 3. The molecule has 0 saturated heterocycles. The molecule has 0 spiro atoms. The molecule has 170 valence electrons. The van der Waals surface area contributed by atoms with Gasteiger partial charge in [0.1, 0.15) is 11.4 Å². The van der Waals surface area contributed by atoms with Gasteiger partial charge in [0, 0.05) is 6.20 Å². The zero-order valence-electron chi connectivity index (χ0n) is 17.1. The fraction of sp³-hybridized carbons (Fsp3) is 0.400. The Kier molecular flexibility index (Phi) is 7.50. The summed E-state index contributed by atoms with van der Waals surface area (Å²) >= 11 is 5.89. The second-order valence-electron chi connectivity index (χ2n) is 7.73. The van der Waals surface area contributed by atoms with Crippen LogP contribution < -0.4 is 4.72 Å². The highest BCUT2D eigenvalue weighted by Gasteiger charge is 2.44. The van der Waals surface area contributed by atoms with Gasteiger partial charge in [0.25, 0.3) is 0 Å². The molecule has 1 N–H and O–H groups in total. The van der Waals surface area contributed by atoms with Crippen LogP contribution >= 0.6 is 11.6 Å². The minimum atomic E-state index is -4.86. The van der Waals surface area contributed by atoms with Crippen LogP contribution in [0.1, 0.15) is 44.0 Å². The fourth-order valence-electron chi connectivity index (χ4n) is 2.72. The lowest BCUT2D eigenvalue weighted by Gasteiger charge is -2.36. The van der Waals surface area contributed by atoms with Crippen molar-refractivity contribution in [2.75, 3.05) is 7.11 Å². The van der Waals surface area contributed by atoms with E-state index in [2.05, 4.69) is 9.71 Å². The smallest absolute Gasteiger partial charge is 0.416 e. The van der Waals surface area contributed by atoms with Crippen molar-refractivity contribution in [3.63, 3.8) is 0 Å². The largest absolute Gasteiger partial charge is 0.469 e. The summed E-state index contributed by atoms with van der Waals surface area (Å²) in [7, 11) is -0.807. The van der Waals surface area contributed by atoms with Gasteiger partial charge in [0.2, 0.25) is 0 Å². The Balaban J connectivity index is 2.87. The number of rotatable bonds is 6. The normalized spacial score (nSPS) is 15.3. The van der Waals surface area contributed by atoms with E-state index in [0.717, 1.165) is 13.2 Å². The van der Waals surface area contributed by atoms with Gasteiger partial charge in [-0.05, 0) is 56.7 Å². The molecule has 1 aromatic carbocycles. The summed E-state index contributed by atoms with van der Waals surface area (Å²) in [6, 6.07) is 4.62. The number of nitrogens with one attached hydrogen (secondary N) is 1. The molecule has 1 heterocycles. The fourth-order valence-corrected chi connectivity index (χ4v) is 3.74. The first kappa shape index (κ1) is 25.2. The molecule has 0 bridgehead atoms. The van der Waals surface area contributed by atoms with Crippen molar-refractivity contribution in [3.05, 3.63) is 64.2 Å². The monoisotopic (exact) mass is 480 g/mol. The first-order valence-corrected chi connectivity index (χ1v) is 10.5. The molecule has 31 heavy (non-hydrogen) atoms. The first-order chi connectivity index (χ1) is 14.2. The lowest BCUT2D eigenvalue weighted by Crippen LogP contribution is -2.50. The average molecular weight is 481 g/mol. The predicted molar refractivity (Wildman–Crippen MR) is 109 cm³/mol. The van der Waals surface area contributed by atoms with E-state index in [1.165, 1.54) is 18.3 Å². The zero-order valence-corrected chi connectivity index (χ0v) is 18.7. The van der Waals surface area contributed by atoms with Crippen LogP contribution in [-0.2, 0) is 32.2 Å². The number of benzene rings is 1. The molecule has 0 radical (unpaired) electrons. The van der Waals surface area contributed by atoms with Crippen LogP contribution in [0.5, 0.6) is 0 Å². The third-order valence-corrected chi connectivity index (χ3v) is 6.21. The van der Waals surface area contributed by atoms with Gasteiger partial charge in [-0.15, -0.1) is 0 Å². The second-order valence-corrected chi connectivity index (χ2v) is 10.1. The third kappa shape index (κ3) is 6.02. The summed E-state index contributed by atoms with van der Waals surface area (Å²) in [5, 5.41) is 0.225. The molecule has 2 aromatic rings. The number of aromatic nitrogens is 1. The van der Waals surface area contributed by atoms with Crippen molar-refractivity contribution in [2.24, 2.45) is 0 Å². The standard InChI is InChI=1S/C20H21ClF4N2O3S/c1-18(2,3)31(29)27-19(10-17(28)30-4,16-6-5-14(21)11-26-16)12-7-13(20(23,24)25)9-15(22)8-12/h5-9,11,27H,10H2,1-4H3/t19-,31?/m0/s1. The molecule has 0 saturated carbocycles. The number of carbonyl (C=O) groups excluding carboxylic acids is 1. The van der Waals surface area contributed by atoms with E-state index in [1.54, 1.807) is 20.8 Å². The van der Waals surface area contributed by atoms with Gasteiger partial charge in [-0.25, -0.2) is 13.3 Å². The van der Waals surface area contributed by atoms with Crippen molar-refractivity contribution >= 4 is 28.6 Å². The molecule has 0 aliphatic carbocycles. The summed E-state index contributed by atoms with van der Waals surface area (Å²) in [6.07, 6.45) is -4.25. The first-order valence-electron chi connectivity index (χ1n) is 8.96. The number of halogens is 5. The molecule has 2 rings (SSSR count). The van der Waals surface area contributed by atoms with Gasteiger partial charge >= 0.3 is 12.1 Å². The number of ether oxygens (including phenoxy) is 1. The average Bonchev–Trinajstić information content (AvgIpc) is 2.65. The molecular formula is C20H21ClF4N2O3S. The van der Waals surface area contributed by atoms with Gasteiger partial charge in [0.05, 0.1) is 45.5 Å². The molecule has 1 unspecified atom stereocenters. The predicted octanol–water partition coefficient (Wildman–Crippen LogP) is 4.75. The Morgan fingerprint density at radius 3 is 2.26 bits per heavy atom. The van der Waals surface area contributed by atoms with Gasteiger partial charge in [-0.1, -0.05) is 11.6 Å². The van der Waals surface area contributed by atoms with Crippen LogP contribution in [0, 0.1) is 5.82 Å². The summed E-state index contributed by atoms with van der Waals surface area (Å²) in [4.78, 5) is 16.4. The van der Waals surface area contributed by atoms with E-state index < -0.39 is 51.2 Å². The minimum Gasteiger partial charge on any atom is -0.469 e. The second kappa shape index (κ2) is 9.22. The molecule has 2 atom stereocenters. The van der Waals surface area contributed by atoms with Gasteiger partial charge in [-0.3, -0.25) is 9.78 Å². The van der Waals surface area contributed by atoms with Crippen LogP contribution in [0.3, 0.4) is 0 Å². The number of hydrogen-bond acceptors (Lipinski definition) is 4. The molecule has 0 aliphatic heterocycles. The van der Waals surface area contributed by atoms with Crippen LogP contribution in [0.15, 0.2) is 36.5 Å². The molecular weight excluding hydrogens is 460 g/mol. The topological polar surface area (TPSA) is 68.3 Å². The number of carbonyl (C=O) groups is 1. The zero-order chi connectivity index (χ0) is 23.6. The lowest BCUT2D eigenvalue weighted by molar-refractivity contribution is -0.141. The number of esters is 1. The van der Waals surface area contributed by atoms with Gasteiger partial charge in [0.15, 0.2) is 0 Å². The summed E-state index contributed by atoms with van der Waals surface area (Å²) in [6.45, 7) is 4.88. The Bertz CT molecular complexity index is 978. The Morgan fingerprint density at radius 1 is 1.16 bits per heavy atom. The van der Waals surface area contributed by atoms with Crippen LogP contribution in [0.2, 0.25) is 5.02 Å². The van der Waals surface area contributed by atoms with Crippen LogP contribution in [0.25, 0.3) is 0 Å². The maximum absolute atomic E-state index is 14.3. The van der Waals surface area contributed by atoms with Crippen LogP contribution in [-0.4, -0.2) is 27.0 Å². The highest BCUT2D eigenvalue weighted by atomic mass is 35.5. The molecule has 11 heteroatoms. The summed E-state index contributed by atoms with van der Waals surface area (Å²) < 4.78 is 74.1. The quantitative estimate of drug-likeness (QED) is 0.478. The SMILES string of the molecule is COC(=O)C[C@](NS(=O)C(C)(C)C)(c1cc(F)cc(C(F)(F)F)c1)c1ccc(Cl)cn1. The number of methoxy groups -OCH3 is 1. The van der Waals surface area contributed by atoms with E-state index in [4.69, 9.17) is 16.3 Å². The number of pyridine rings is 1.